The first kappa shape index (κ1) is 18.8. The summed E-state index contributed by atoms with van der Waals surface area (Å²) in [4.78, 5) is 17.6. The zero-order valence-electron chi connectivity index (χ0n) is 14.4. The minimum absolute atomic E-state index is 0.0898. The highest BCUT2D eigenvalue weighted by atomic mass is 79.9. The minimum Gasteiger partial charge on any atom is -0.453 e. The molecule has 3 rings (SSSR count). The largest absolute Gasteiger partial charge is 0.453 e. The molecule has 1 amide bonds. The minimum atomic E-state index is -0.526. The van der Waals surface area contributed by atoms with Crippen LogP contribution in [0.25, 0.3) is 6.08 Å². The van der Waals surface area contributed by atoms with Crippen molar-refractivity contribution in [2.45, 2.75) is 6.54 Å². The van der Waals surface area contributed by atoms with E-state index in [1.807, 2.05) is 0 Å². The van der Waals surface area contributed by atoms with Crippen LogP contribution in [0.2, 0.25) is 0 Å². The number of benzene rings is 1. The van der Waals surface area contributed by atoms with Gasteiger partial charge in [0.2, 0.25) is 5.91 Å². The maximum absolute atomic E-state index is 14.2. The van der Waals surface area contributed by atoms with Crippen molar-refractivity contribution in [1.82, 2.24) is 9.88 Å². The number of hydrogen-bond donors (Lipinski definition) is 0. The molecular formula is C20H16BrFN2O3. The second-order valence-corrected chi connectivity index (χ2v) is 6.50. The van der Waals surface area contributed by atoms with Gasteiger partial charge in [-0.05, 0) is 64.0 Å². The monoisotopic (exact) mass is 430 g/mol. The number of ether oxygens (including phenoxy) is 1. The Kier molecular flexibility index (Phi) is 6.03. The van der Waals surface area contributed by atoms with E-state index < -0.39 is 5.82 Å². The maximum Gasteiger partial charge on any atom is 0.246 e. The standard InChI is InChI=1S/C20H16BrFN2O3/c1-24(13-16-6-8-19(21)27-16)20(25)9-5-14-4-7-18(17(22)11-14)26-15-3-2-10-23-12-15/h2-12H,13H2,1H3/b9-5+. The highest BCUT2D eigenvalue weighted by Gasteiger charge is 2.09. The Bertz CT molecular complexity index is 957. The lowest BCUT2D eigenvalue weighted by molar-refractivity contribution is -0.125. The molecule has 0 aliphatic carbocycles. The summed E-state index contributed by atoms with van der Waals surface area (Å²) in [6.07, 6.45) is 6.04. The number of hydrogen-bond acceptors (Lipinski definition) is 4. The number of halogens is 2. The Balaban J connectivity index is 1.62. The number of aromatic nitrogens is 1. The van der Waals surface area contributed by atoms with Crippen molar-refractivity contribution in [3.8, 4) is 11.5 Å². The molecule has 5 nitrogen and oxygen atoms in total. The number of carbonyl (C=O) groups is 1. The smallest absolute Gasteiger partial charge is 0.246 e. The van der Waals surface area contributed by atoms with Gasteiger partial charge in [-0.15, -0.1) is 0 Å². The van der Waals surface area contributed by atoms with Crippen LogP contribution in [-0.4, -0.2) is 22.8 Å². The average Bonchev–Trinajstić information content (AvgIpc) is 3.07. The summed E-state index contributed by atoms with van der Waals surface area (Å²) in [7, 11) is 1.66. The number of likely N-dealkylation sites (N-methyl/N-ethyl adjacent to an activating group) is 1. The summed E-state index contributed by atoms with van der Waals surface area (Å²) < 4.78 is 25.6. The third kappa shape index (κ3) is 5.27. The van der Waals surface area contributed by atoms with Crippen LogP contribution in [-0.2, 0) is 11.3 Å². The van der Waals surface area contributed by atoms with Gasteiger partial charge in [0.05, 0.1) is 12.7 Å². The fourth-order valence-electron chi connectivity index (χ4n) is 2.28. The van der Waals surface area contributed by atoms with Crippen molar-refractivity contribution in [3.63, 3.8) is 0 Å². The third-order valence-electron chi connectivity index (χ3n) is 3.63. The molecule has 0 N–H and O–H groups in total. The molecule has 0 saturated carbocycles. The second-order valence-electron chi connectivity index (χ2n) is 5.71. The van der Waals surface area contributed by atoms with E-state index in [2.05, 4.69) is 20.9 Å². The zero-order chi connectivity index (χ0) is 19.2. The van der Waals surface area contributed by atoms with Crippen LogP contribution in [0.15, 0.2) is 70.0 Å². The van der Waals surface area contributed by atoms with E-state index in [1.54, 1.807) is 49.7 Å². The van der Waals surface area contributed by atoms with Gasteiger partial charge in [-0.1, -0.05) is 6.07 Å². The quantitative estimate of drug-likeness (QED) is 0.514. The van der Waals surface area contributed by atoms with Crippen LogP contribution in [0.5, 0.6) is 11.5 Å². The molecule has 7 heteroatoms. The predicted molar refractivity (Wildman–Crippen MR) is 103 cm³/mol. The van der Waals surface area contributed by atoms with Crippen molar-refractivity contribution in [2.75, 3.05) is 7.05 Å². The van der Waals surface area contributed by atoms with E-state index in [-0.39, 0.29) is 11.7 Å². The van der Waals surface area contributed by atoms with Gasteiger partial charge >= 0.3 is 0 Å². The van der Waals surface area contributed by atoms with Gasteiger partial charge in [-0.2, -0.15) is 0 Å². The molecule has 138 valence electrons. The van der Waals surface area contributed by atoms with Gasteiger partial charge < -0.3 is 14.1 Å². The molecule has 0 aliphatic rings. The number of nitrogens with zero attached hydrogens (tertiary/aromatic N) is 2. The topological polar surface area (TPSA) is 55.6 Å². The van der Waals surface area contributed by atoms with Crippen LogP contribution >= 0.6 is 15.9 Å². The van der Waals surface area contributed by atoms with Crippen LogP contribution < -0.4 is 4.74 Å². The molecule has 0 saturated heterocycles. The van der Waals surface area contributed by atoms with E-state index in [9.17, 15) is 9.18 Å². The first-order valence-electron chi connectivity index (χ1n) is 8.06. The lowest BCUT2D eigenvalue weighted by Crippen LogP contribution is -2.23. The Morgan fingerprint density at radius 1 is 1.33 bits per heavy atom. The van der Waals surface area contributed by atoms with Gasteiger partial charge in [0.15, 0.2) is 16.2 Å². The molecule has 0 spiro atoms. The summed E-state index contributed by atoms with van der Waals surface area (Å²) in [5.41, 5.74) is 0.550. The number of rotatable bonds is 6. The Labute approximate surface area is 164 Å². The highest BCUT2D eigenvalue weighted by molar-refractivity contribution is 9.10. The summed E-state index contributed by atoms with van der Waals surface area (Å²) in [5, 5.41) is 0. The van der Waals surface area contributed by atoms with Gasteiger partial charge in [0.1, 0.15) is 11.5 Å². The predicted octanol–water partition coefficient (Wildman–Crippen LogP) is 5.04. The van der Waals surface area contributed by atoms with E-state index in [4.69, 9.17) is 9.15 Å². The van der Waals surface area contributed by atoms with Gasteiger partial charge in [-0.25, -0.2) is 4.39 Å². The van der Waals surface area contributed by atoms with Crippen molar-refractivity contribution < 1.29 is 18.3 Å². The third-order valence-corrected chi connectivity index (χ3v) is 4.06. The van der Waals surface area contributed by atoms with E-state index in [0.717, 1.165) is 0 Å². The Hall–Kier alpha value is -2.93. The number of carbonyl (C=O) groups excluding carboxylic acids is 1. The number of amides is 1. The molecule has 0 fully saturated rings. The SMILES string of the molecule is CN(Cc1ccc(Br)o1)C(=O)/C=C/c1ccc(Oc2cccnc2)c(F)c1. The summed E-state index contributed by atoms with van der Waals surface area (Å²) in [5.74, 6) is 0.447. The molecule has 0 radical (unpaired) electrons. The molecule has 2 heterocycles. The lowest BCUT2D eigenvalue weighted by atomic mass is 10.2. The first-order valence-corrected chi connectivity index (χ1v) is 8.85. The first-order chi connectivity index (χ1) is 13.0. The fraction of sp³-hybridized carbons (Fsp3) is 0.100. The van der Waals surface area contributed by atoms with Crippen LogP contribution in [0.4, 0.5) is 4.39 Å². The summed E-state index contributed by atoms with van der Waals surface area (Å²) >= 11 is 3.22. The van der Waals surface area contributed by atoms with E-state index in [1.165, 1.54) is 29.3 Å². The van der Waals surface area contributed by atoms with E-state index in [0.29, 0.717) is 28.3 Å². The van der Waals surface area contributed by atoms with Crippen molar-refractivity contribution in [2.24, 2.45) is 0 Å². The molecule has 0 bridgehead atoms. The molecule has 0 aliphatic heterocycles. The highest BCUT2D eigenvalue weighted by Crippen LogP contribution is 2.25. The molecule has 0 unspecified atom stereocenters. The van der Waals surface area contributed by atoms with Gasteiger partial charge in [-0.3, -0.25) is 9.78 Å². The van der Waals surface area contributed by atoms with Crippen LogP contribution in [0.1, 0.15) is 11.3 Å². The Morgan fingerprint density at radius 2 is 2.19 bits per heavy atom. The summed E-state index contributed by atoms with van der Waals surface area (Å²) in [6, 6.07) is 11.4. The molecule has 1 aromatic carbocycles. The van der Waals surface area contributed by atoms with Crippen LogP contribution in [0, 0.1) is 5.82 Å². The van der Waals surface area contributed by atoms with Crippen molar-refractivity contribution in [1.29, 1.82) is 0 Å². The molecule has 2 aromatic heterocycles. The maximum atomic E-state index is 14.2. The molecular weight excluding hydrogens is 415 g/mol. The second kappa shape index (κ2) is 8.64. The Morgan fingerprint density at radius 3 is 2.85 bits per heavy atom. The normalized spacial score (nSPS) is 10.9. The van der Waals surface area contributed by atoms with Crippen molar-refractivity contribution >= 4 is 27.9 Å². The molecule has 3 aromatic rings. The van der Waals surface area contributed by atoms with Gasteiger partial charge in [0, 0.05) is 19.3 Å². The number of furan rings is 1. The summed E-state index contributed by atoms with van der Waals surface area (Å²) in [6.45, 7) is 0.334. The number of pyridine rings is 1. The fourth-order valence-corrected chi connectivity index (χ4v) is 2.62. The zero-order valence-corrected chi connectivity index (χ0v) is 16.0. The van der Waals surface area contributed by atoms with Gasteiger partial charge in [0.25, 0.3) is 0 Å². The molecule has 27 heavy (non-hydrogen) atoms. The molecule has 0 atom stereocenters. The van der Waals surface area contributed by atoms with Crippen LogP contribution in [0.3, 0.4) is 0 Å². The lowest BCUT2D eigenvalue weighted by Gasteiger charge is -2.13. The van der Waals surface area contributed by atoms with Crippen molar-refractivity contribution in [3.05, 3.63) is 82.7 Å². The average molecular weight is 431 g/mol. The van der Waals surface area contributed by atoms with E-state index >= 15 is 0 Å².